The second-order valence-corrected chi connectivity index (χ2v) is 10.1. The zero-order valence-corrected chi connectivity index (χ0v) is 19.6. The van der Waals surface area contributed by atoms with Crippen LogP contribution in [-0.2, 0) is 24.3 Å². The van der Waals surface area contributed by atoms with Crippen LogP contribution in [0.4, 0.5) is 21.5 Å². The first-order chi connectivity index (χ1) is 16.4. The molecule has 0 saturated carbocycles. The lowest BCUT2D eigenvalue weighted by Crippen LogP contribution is -2.40. The van der Waals surface area contributed by atoms with Gasteiger partial charge < -0.3 is 25.4 Å². The Morgan fingerprint density at radius 1 is 1.06 bits per heavy atom. The molecule has 0 aromatic heterocycles. The maximum atomic E-state index is 13.4. The Hall–Kier alpha value is -2.73. The first kappa shape index (κ1) is 24.4. The second-order valence-electron chi connectivity index (χ2n) is 8.15. The fourth-order valence-electron chi connectivity index (χ4n) is 3.90. The first-order valence-corrected chi connectivity index (χ1v) is 12.7. The number of morpholine rings is 1. The summed E-state index contributed by atoms with van der Waals surface area (Å²) < 4.78 is 51.9. The highest BCUT2D eigenvalue weighted by Gasteiger charge is 2.27. The molecule has 0 aliphatic carbocycles. The Balaban J connectivity index is 1.49. The van der Waals surface area contributed by atoms with Crippen molar-refractivity contribution >= 4 is 33.0 Å². The maximum absolute atomic E-state index is 13.4. The molecule has 4 rings (SSSR count). The van der Waals surface area contributed by atoms with Crippen molar-refractivity contribution in [1.29, 1.82) is 0 Å². The molecule has 1 atom stereocenters. The third-order valence-corrected chi connectivity index (χ3v) is 7.59. The summed E-state index contributed by atoms with van der Waals surface area (Å²) in [4.78, 5) is 12.6. The van der Waals surface area contributed by atoms with Gasteiger partial charge >= 0.3 is 0 Å². The second kappa shape index (κ2) is 11.1. The molecule has 3 N–H and O–H groups in total. The van der Waals surface area contributed by atoms with Crippen LogP contribution < -0.4 is 16.0 Å². The molecule has 2 heterocycles. The minimum absolute atomic E-state index is 0.0842. The van der Waals surface area contributed by atoms with Gasteiger partial charge in [0.1, 0.15) is 5.82 Å². The van der Waals surface area contributed by atoms with Crippen molar-refractivity contribution in [2.75, 3.05) is 62.0 Å². The number of nitrogens with zero attached hydrogens (tertiary/aromatic N) is 1. The molecule has 2 saturated heterocycles. The van der Waals surface area contributed by atoms with Gasteiger partial charge in [0.2, 0.25) is 15.9 Å². The highest BCUT2D eigenvalue weighted by molar-refractivity contribution is 7.89. The Morgan fingerprint density at radius 2 is 1.88 bits per heavy atom. The van der Waals surface area contributed by atoms with Crippen LogP contribution in [0.25, 0.3) is 0 Å². The van der Waals surface area contributed by atoms with Gasteiger partial charge in [0.25, 0.3) is 0 Å². The maximum Gasteiger partial charge on any atom is 0.243 e. The number of hydrogen-bond donors (Lipinski definition) is 3. The number of carbonyl (C=O) groups is 1. The van der Waals surface area contributed by atoms with Crippen LogP contribution in [0, 0.1) is 5.82 Å². The van der Waals surface area contributed by atoms with Gasteiger partial charge in [-0.05, 0) is 49.2 Å². The molecule has 0 unspecified atom stereocenters. The van der Waals surface area contributed by atoms with Crippen LogP contribution in [0.1, 0.15) is 12.8 Å². The zero-order chi connectivity index (χ0) is 24.0. The largest absolute Gasteiger partial charge is 0.381 e. The Morgan fingerprint density at radius 3 is 2.62 bits per heavy atom. The van der Waals surface area contributed by atoms with E-state index in [2.05, 4.69) is 16.0 Å². The Kier molecular flexibility index (Phi) is 7.99. The van der Waals surface area contributed by atoms with Crippen LogP contribution in [0.3, 0.4) is 0 Å². The fourth-order valence-corrected chi connectivity index (χ4v) is 5.33. The molecule has 2 fully saturated rings. The standard InChI is InChI=1S/C23H29FN4O5S/c24-17-3-1-4-18(13-17)27-23(29)16-26-22-14-20(34(30,31)28-8-11-32-12-9-28)6-7-21(22)25-15-19-5-2-10-33-19/h1,3-4,6-7,13-14,19,25-26H,2,5,8-12,15-16H2,(H,27,29)/t19-/m0/s1. The number of carbonyl (C=O) groups excluding carboxylic acids is 1. The SMILES string of the molecule is O=C(CNc1cc(S(=O)(=O)N2CCOCC2)ccc1NC[C@@H]1CCCO1)Nc1cccc(F)c1. The third-order valence-electron chi connectivity index (χ3n) is 5.69. The average Bonchev–Trinajstić information content (AvgIpc) is 3.36. The van der Waals surface area contributed by atoms with E-state index < -0.39 is 21.7 Å². The van der Waals surface area contributed by atoms with E-state index in [1.807, 2.05) is 0 Å². The van der Waals surface area contributed by atoms with E-state index in [9.17, 15) is 17.6 Å². The number of ether oxygens (including phenoxy) is 2. The Bertz CT molecular complexity index is 1100. The van der Waals surface area contributed by atoms with Crippen LogP contribution in [0.2, 0.25) is 0 Å². The van der Waals surface area contributed by atoms with Gasteiger partial charge in [0.15, 0.2) is 0 Å². The number of rotatable bonds is 9. The number of amides is 1. The van der Waals surface area contributed by atoms with Crippen molar-refractivity contribution in [3.8, 4) is 0 Å². The van der Waals surface area contributed by atoms with Gasteiger partial charge in [0, 0.05) is 31.9 Å². The highest BCUT2D eigenvalue weighted by Crippen LogP contribution is 2.28. The normalized spacial score (nSPS) is 19.0. The molecule has 2 aliphatic heterocycles. The number of halogens is 1. The number of hydrogen-bond acceptors (Lipinski definition) is 7. The number of nitrogens with one attached hydrogen (secondary N) is 3. The molecule has 2 aliphatic rings. The average molecular weight is 493 g/mol. The van der Waals surface area contributed by atoms with E-state index >= 15 is 0 Å². The Labute approximate surface area is 198 Å². The smallest absolute Gasteiger partial charge is 0.243 e. The summed E-state index contributed by atoms with van der Waals surface area (Å²) in [5.74, 6) is -0.843. The topological polar surface area (TPSA) is 109 Å². The minimum Gasteiger partial charge on any atom is -0.381 e. The van der Waals surface area contributed by atoms with Crippen molar-refractivity contribution < 1.29 is 27.1 Å². The van der Waals surface area contributed by atoms with Crippen LogP contribution in [-0.4, -0.2) is 70.7 Å². The molecular formula is C23H29FN4O5S. The molecule has 11 heteroatoms. The number of benzene rings is 2. The first-order valence-electron chi connectivity index (χ1n) is 11.3. The summed E-state index contributed by atoms with van der Waals surface area (Å²) in [7, 11) is -3.71. The summed E-state index contributed by atoms with van der Waals surface area (Å²) in [5, 5.41) is 8.94. The number of sulfonamides is 1. The van der Waals surface area contributed by atoms with Crippen molar-refractivity contribution in [1.82, 2.24) is 4.31 Å². The molecule has 184 valence electrons. The van der Waals surface area contributed by atoms with Crippen molar-refractivity contribution in [2.45, 2.75) is 23.8 Å². The molecule has 2 aromatic carbocycles. The van der Waals surface area contributed by atoms with E-state index in [0.29, 0.717) is 49.9 Å². The van der Waals surface area contributed by atoms with Gasteiger partial charge in [-0.25, -0.2) is 12.8 Å². The van der Waals surface area contributed by atoms with E-state index in [0.717, 1.165) is 19.4 Å². The van der Waals surface area contributed by atoms with Crippen LogP contribution in [0.15, 0.2) is 47.4 Å². The highest BCUT2D eigenvalue weighted by atomic mass is 32.2. The van der Waals surface area contributed by atoms with E-state index in [1.54, 1.807) is 18.2 Å². The van der Waals surface area contributed by atoms with Gasteiger partial charge in [-0.15, -0.1) is 0 Å². The third kappa shape index (κ3) is 6.23. The summed E-state index contributed by atoms with van der Waals surface area (Å²) in [6.45, 7) is 2.46. The van der Waals surface area contributed by atoms with Gasteiger partial charge in [-0.1, -0.05) is 6.07 Å². The summed E-state index contributed by atoms with van der Waals surface area (Å²) in [5.41, 5.74) is 1.48. The van der Waals surface area contributed by atoms with E-state index in [4.69, 9.17) is 9.47 Å². The molecule has 34 heavy (non-hydrogen) atoms. The van der Waals surface area contributed by atoms with Crippen LogP contribution in [0.5, 0.6) is 0 Å². The lowest BCUT2D eigenvalue weighted by atomic mass is 10.2. The minimum atomic E-state index is -3.71. The zero-order valence-electron chi connectivity index (χ0n) is 18.8. The summed E-state index contributed by atoms with van der Waals surface area (Å²) in [6, 6.07) is 10.4. The van der Waals surface area contributed by atoms with E-state index in [1.165, 1.54) is 28.6 Å². The molecular weight excluding hydrogens is 463 g/mol. The molecule has 0 spiro atoms. The molecule has 0 bridgehead atoms. The molecule has 9 nitrogen and oxygen atoms in total. The molecule has 0 radical (unpaired) electrons. The summed E-state index contributed by atoms with van der Waals surface area (Å²) in [6.07, 6.45) is 2.05. The van der Waals surface area contributed by atoms with Gasteiger partial charge in [-0.3, -0.25) is 4.79 Å². The van der Waals surface area contributed by atoms with Crippen molar-refractivity contribution in [2.24, 2.45) is 0 Å². The predicted molar refractivity (Wildman–Crippen MR) is 127 cm³/mol. The molecule has 1 amide bonds. The van der Waals surface area contributed by atoms with Crippen molar-refractivity contribution in [3.63, 3.8) is 0 Å². The number of anilines is 3. The quantitative estimate of drug-likeness (QED) is 0.494. The predicted octanol–water partition coefficient (Wildman–Crippen LogP) is 2.49. The monoisotopic (exact) mass is 492 g/mol. The lowest BCUT2D eigenvalue weighted by molar-refractivity contribution is -0.114. The van der Waals surface area contributed by atoms with Crippen molar-refractivity contribution in [3.05, 3.63) is 48.3 Å². The fraction of sp³-hybridized carbons (Fsp3) is 0.435. The van der Waals surface area contributed by atoms with Gasteiger partial charge in [0.05, 0.1) is 42.1 Å². The van der Waals surface area contributed by atoms with E-state index in [-0.39, 0.29) is 17.5 Å². The van der Waals surface area contributed by atoms with Crippen LogP contribution >= 0.6 is 0 Å². The lowest BCUT2D eigenvalue weighted by Gasteiger charge is -2.26. The molecule has 2 aromatic rings. The summed E-state index contributed by atoms with van der Waals surface area (Å²) >= 11 is 0. The van der Waals surface area contributed by atoms with Gasteiger partial charge in [-0.2, -0.15) is 4.31 Å².